The zero-order valence-corrected chi connectivity index (χ0v) is 13.5. The van der Waals surface area contributed by atoms with Crippen LogP contribution < -0.4 is 0 Å². The molecule has 0 aliphatic heterocycles. The van der Waals surface area contributed by atoms with Crippen LogP contribution >= 0.6 is 0 Å². The van der Waals surface area contributed by atoms with Gasteiger partial charge < -0.3 is 9.47 Å². The highest BCUT2D eigenvalue weighted by molar-refractivity contribution is 5.99. The maximum atomic E-state index is 11.9. The third-order valence-electron chi connectivity index (χ3n) is 3.42. The molecule has 0 saturated heterocycles. The molecule has 4 heteroatoms. The minimum absolute atomic E-state index is 0.315. The number of fused-ring (bicyclic) bond motifs is 1. The van der Waals surface area contributed by atoms with E-state index in [1.165, 1.54) is 0 Å². The first kappa shape index (κ1) is 17.5. The van der Waals surface area contributed by atoms with Crippen LogP contribution in [0, 0.1) is 0 Å². The number of hydrogen-bond donors (Lipinski definition) is 0. The van der Waals surface area contributed by atoms with E-state index in [9.17, 15) is 9.59 Å². The smallest absolute Gasteiger partial charge is 0.338 e. The van der Waals surface area contributed by atoms with Gasteiger partial charge in [-0.3, -0.25) is 0 Å². The van der Waals surface area contributed by atoms with Gasteiger partial charge in [-0.2, -0.15) is 0 Å². The molecule has 2 aromatic rings. The minimum atomic E-state index is -0.369. The molecule has 0 atom stereocenters. The van der Waals surface area contributed by atoms with Gasteiger partial charge in [0.15, 0.2) is 0 Å². The fourth-order valence-corrected chi connectivity index (χ4v) is 2.14. The summed E-state index contributed by atoms with van der Waals surface area (Å²) in [7, 11) is 0. The van der Waals surface area contributed by atoms with Crippen LogP contribution in [0.25, 0.3) is 10.8 Å². The third kappa shape index (κ3) is 4.56. The summed E-state index contributed by atoms with van der Waals surface area (Å²) in [5.41, 5.74) is 0.959. The van der Waals surface area contributed by atoms with E-state index in [2.05, 4.69) is 13.2 Å². The molecule has 0 aliphatic rings. The molecule has 2 aromatic carbocycles. The van der Waals surface area contributed by atoms with Crippen LogP contribution in [0.3, 0.4) is 0 Å². The molecule has 0 fully saturated rings. The van der Waals surface area contributed by atoms with Crippen molar-refractivity contribution in [2.75, 3.05) is 13.2 Å². The Hall–Kier alpha value is -2.88. The van der Waals surface area contributed by atoms with E-state index in [4.69, 9.17) is 9.47 Å². The van der Waals surface area contributed by atoms with E-state index >= 15 is 0 Å². The molecular formula is C20H20O4. The first-order valence-electron chi connectivity index (χ1n) is 7.75. The van der Waals surface area contributed by atoms with Crippen molar-refractivity contribution in [3.8, 4) is 0 Å². The number of benzene rings is 2. The number of esters is 2. The highest BCUT2D eigenvalue weighted by Gasteiger charge is 2.10. The monoisotopic (exact) mass is 324 g/mol. The first-order valence-corrected chi connectivity index (χ1v) is 7.75. The molecule has 0 aromatic heterocycles. The second kappa shape index (κ2) is 8.67. The Morgan fingerprint density at radius 2 is 1.21 bits per heavy atom. The molecule has 0 spiro atoms. The Kier molecular flexibility index (Phi) is 6.32. The van der Waals surface area contributed by atoms with Crippen molar-refractivity contribution in [3.05, 3.63) is 72.8 Å². The van der Waals surface area contributed by atoms with Gasteiger partial charge in [0, 0.05) is 0 Å². The summed E-state index contributed by atoms with van der Waals surface area (Å²) in [6, 6.07) is 10.5. The van der Waals surface area contributed by atoms with Crippen LogP contribution in [0.2, 0.25) is 0 Å². The van der Waals surface area contributed by atoms with Crippen molar-refractivity contribution in [1.29, 1.82) is 0 Å². The molecule has 4 nitrogen and oxygen atoms in total. The van der Waals surface area contributed by atoms with Gasteiger partial charge in [0.1, 0.15) is 0 Å². The first-order chi connectivity index (χ1) is 11.7. The summed E-state index contributed by atoms with van der Waals surface area (Å²) in [4.78, 5) is 23.9. The van der Waals surface area contributed by atoms with Gasteiger partial charge in [-0.05, 0) is 47.9 Å². The van der Waals surface area contributed by atoms with Gasteiger partial charge in [-0.15, -0.1) is 13.2 Å². The van der Waals surface area contributed by atoms with Crippen molar-refractivity contribution in [1.82, 2.24) is 0 Å². The fraction of sp³-hybridized carbons (Fsp3) is 0.200. The summed E-state index contributed by atoms with van der Waals surface area (Å²) < 4.78 is 10.3. The summed E-state index contributed by atoms with van der Waals surface area (Å²) in [6.07, 6.45) is 4.64. The molecule has 0 aliphatic carbocycles. The average Bonchev–Trinajstić information content (AvgIpc) is 2.61. The molecule has 0 N–H and O–H groups in total. The fourth-order valence-electron chi connectivity index (χ4n) is 2.14. The quantitative estimate of drug-likeness (QED) is 0.412. The Morgan fingerprint density at radius 3 is 1.58 bits per heavy atom. The molecule has 0 unspecified atom stereocenters. The van der Waals surface area contributed by atoms with Gasteiger partial charge >= 0.3 is 11.9 Å². The van der Waals surface area contributed by atoms with Gasteiger partial charge in [0.25, 0.3) is 0 Å². The number of rotatable bonds is 8. The standard InChI is InChI=1S/C20H20O4/c1-3-5-11-23-19(21)17-9-7-16-14-18(10-8-15(16)13-17)20(22)24-12-6-4-2/h3-4,7-10,13-14H,1-2,5-6,11-12H2. The Labute approximate surface area is 141 Å². The average molecular weight is 324 g/mol. The number of hydrogen-bond acceptors (Lipinski definition) is 4. The van der Waals surface area contributed by atoms with Crippen LogP contribution in [-0.4, -0.2) is 25.2 Å². The number of ether oxygens (including phenoxy) is 2. The van der Waals surface area contributed by atoms with E-state index < -0.39 is 0 Å². The van der Waals surface area contributed by atoms with E-state index in [1.54, 1.807) is 48.6 Å². The van der Waals surface area contributed by atoms with Gasteiger partial charge in [0.05, 0.1) is 24.3 Å². The summed E-state index contributed by atoms with van der Waals surface area (Å²) in [6.45, 7) is 7.80. The summed E-state index contributed by atoms with van der Waals surface area (Å²) >= 11 is 0. The van der Waals surface area contributed by atoms with Crippen LogP contribution in [0.15, 0.2) is 61.7 Å². The lowest BCUT2D eigenvalue weighted by Gasteiger charge is -2.07. The molecule has 0 heterocycles. The molecular weight excluding hydrogens is 304 g/mol. The molecule has 0 radical (unpaired) electrons. The lowest BCUT2D eigenvalue weighted by atomic mass is 10.0. The van der Waals surface area contributed by atoms with Gasteiger partial charge in [0.2, 0.25) is 0 Å². The largest absolute Gasteiger partial charge is 0.462 e. The molecule has 0 bridgehead atoms. The predicted octanol–water partition coefficient (Wildman–Crippen LogP) is 4.31. The van der Waals surface area contributed by atoms with Crippen LogP contribution in [0.5, 0.6) is 0 Å². The number of carbonyl (C=O) groups excluding carboxylic acids is 2. The van der Waals surface area contributed by atoms with Crippen molar-refractivity contribution >= 4 is 22.7 Å². The molecule has 0 saturated carbocycles. The van der Waals surface area contributed by atoms with E-state index in [1.807, 2.05) is 0 Å². The molecule has 0 amide bonds. The maximum Gasteiger partial charge on any atom is 0.338 e. The van der Waals surface area contributed by atoms with Gasteiger partial charge in [-0.25, -0.2) is 9.59 Å². The SMILES string of the molecule is C=CCCOC(=O)c1ccc2cc(C(=O)OCCC=C)ccc2c1. The molecule has 2 rings (SSSR count). The zero-order chi connectivity index (χ0) is 17.4. The van der Waals surface area contributed by atoms with Crippen molar-refractivity contribution < 1.29 is 19.1 Å². The second-order valence-corrected chi connectivity index (χ2v) is 5.20. The highest BCUT2D eigenvalue weighted by Crippen LogP contribution is 2.19. The second-order valence-electron chi connectivity index (χ2n) is 5.20. The third-order valence-corrected chi connectivity index (χ3v) is 3.42. The Bertz CT molecular complexity index is 696. The minimum Gasteiger partial charge on any atom is -0.462 e. The van der Waals surface area contributed by atoms with E-state index in [0.717, 1.165) is 10.8 Å². The van der Waals surface area contributed by atoms with E-state index in [-0.39, 0.29) is 11.9 Å². The number of carbonyl (C=O) groups is 2. The van der Waals surface area contributed by atoms with Crippen molar-refractivity contribution in [2.45, 2.75) is 12.8 Å². The van der Waals surface area contributed by atoms with Gasteiger partial charge in [-0.1, -0.05) is 24.3 Å². The molecule has 124 valence electrons. The van der Waals surface area contributed by atoms with Crippen molar-refractivity contribution in [2.24, 2.45) is 0 Å². The van der Waals surface area contributed by atoms with E-state index in [0.29, 0.717) is 37.2 Å². The summed E-state index contributed by atoms with van der Waals surface area (Å²) in [5.74, 6) is -0.738. The van der Waals surface area contributed by atoms with Crippen LogP contribution in [-0.2, 0) is 9.47 Å². The van der Waals surface area contributed by atoms with Crippen molar-refractivity contribution in [3.63, 3.8) is 0 Å². The Morgan fingerprint density at radius 1 is 0.792 bits per heavy atom. The predicted molar refractivity (Wildman–Crippen MR) is 94.1 cm³/mol. The summed E-state index contributed by atoms with van der Waals surface area (Å²) in [5, 5.41) is 1.71. The van der Waals surface area contributed by atoms with Crippen LogP contribution in [0.1, 0.15) is 33.6 Å². The Balaban J connectivity index is 2.12. The lowest BCUT2D eigenvalue weighted by molar-refractivity contribution is 0.0502. The highest BCUT2D eigenvalue weighted by atomic mass is 16.5. The topological polar surface area (TPSA) is 52.6 Å². The normalized spacial score (nSPS) is 10.2. The maximum absolute atomic E-state index is 11.9. The molecule has 24 heavy (non-hydrogen) atoms. The zero-order valence-electron chi connectivity index (χ0n) is 13.5. The lowest BCUT2D eigenvalue weighted by Crippen LogP contribution is -2.07. The van der Waals surface area contributed by atoms with Crippen LogP contribution in [0.4, 0.5) is 0 Å².